The van der Waals surface area contributed by atoms with Crippen LogP contribution in [0, 0.1) is 0 Å². The van der Waals surface area contributed by atoms with Crippen LogP contribution in [0.5, 0.6) is 0 Å². The van der Waals surface area contributed by atoms with Gasteiger partial charge >= 0.3 is 51.4 Å². The molecule has 0 aromatic heterocycles. The van der Waals surface area contributed by atoms with Gasteiger partial charge in [-0.1, -0.05) is 40.1 Å². The molecule has 0 aromatic rings. The second kappa shape index (κ2) is 22.5. The molecule has 4 nitrogen and oxygen atoms in total. The molecule has 0 heterocycles. The molecule has 0 radical (unpaired) electrons. The topological polar surface area (TPSA) is 86.2 Å². The second-order valence-corrected chi connectivity index (χ2v) is 1.56. The maximum Gasteiger partial charge on any atom is 1.00 e. The van der Waals surface area contributed by atoms with Crippen LogP contribution in [0.1, 0.15) is 16.3 Å². The van der Waals surface area contributed by atoms with Crippen molar-refractivity contribution in [1.82, 2.24) is 0 Å². The van der Waals surface area contributed by atoms with Crippen LogP contribution >= 0.6 is 25.3 Å². The Morgan fingerprint density at radius 1 is 1.00 bits per heavy atom. The standard InChI is InChI=1S/2CH3NOS.2CH4.K.H/c2*2-1(3)4;;;;/h2*(H3,2,3,4);2*1H4;;/q;;;;+1;-1. The molecule has 0 rings (SSSR count). The number of hydrogen-bond acceptors (Lipinski definition) is 2. The van der Waals surface area contributed by atoms with E-state index >= 15 is 0 Å². The van der Waals surface area contributed by atoms with Crippen molar-refractivity contribution >= 4 is 35.7 Å². The summed E-state index contributed by atoms with van der Waals surface area (Å²) < 4.78 is 0. The summed E-state index contributed by atoms with van der Waals surface area (Å²) in [5.74, 6) is 0. The third-order valence-corrected chi connectivity index (χ3v) is 0. The van der Waals surface area contributed by atoms with Gasteiger partial charge in [-0.2, -0.15) is 0 Å². The first-order valence-electron chi connectivity index (χ1n) is 1.43. The predicted octanol–water partition coefficient (Wildman–Crippen LogP) is -1.62. The Kier molecular flexibility index (Phi) is 60.3. The number of nitrogens with two attached hydrogens (primary N) is 2. The van der Waals surface area contributed by atoms with E-state index in [1.54, 1.807) is 0 Å². The van der Waals surface area contributed by atoms with Gasteiger partial charge in [0.05, 0.1) is 0 Å². The molecule has 0 fully saturated rings. The van der Waals surface area contributed by atoms with Crippen molar-refractivity contribution < 1.29 is 62.4 Å². The van der Waals surface area contributed by atoms with E-state index in [0.29, 0.717) is 0 Å². The van der Waals surface area contributed by atoms with Crippen LogP contribution in [0.3, 0.4) is 0 Å². The van der Waals surface area contributed by atoms with Gasteiger partial charge in [-0.3, -0.25) is 9.59 Å². The summed E-state index contributed by atoms with van der Waals surface area (Å²) in [5, 5.41) is -1.28. The van der Waals surface area contributed by atoms with Crippen LogP contribution in [0.2, 0.25) is 0 Å². The Hall–Kier alpha value is 1.28. The van der Waals surface area contributed by atoms with Crippen molar-refractivity contribution in [2.24, 2.45) is 11.5 Å². The molecule has 0 bridgehead atoms. The zero-order valence-electron chi connectivity index (χ0n) is 5.87. The molecule has 0 unspecified atom stereocenters. The Balaban J connectivity index is -0.0000000112. The van der Waals surface area contributed by atoms with Gasteiger partial charge < -0.3 is 12.9 Å². The zero-order chi connectivity index (χ0) is 7.15. The van der Waals surface area contributed by atoms with Gasteiger partial charge in [0.15, 0.2) is 0 Å². The van der Waals surface area contributed by atoms with Crippen molar-refractivity contribution in [3.63, 3.8) is 0 Å². The normalized spacial score (nSPS) is 4.55. The minimum Gasteiger partial charge on any atom is -1.00 e. The SMILES string of the molecule is C.C.NC(=O)S.NC(=O)S.[H-].[K+]. The van der Waals surface area contributed by atoms with Gasteiger partial charge in [0.2, 0.25) is 0 Å². The van der Waals surface area contributed by atoms with Gasteiger partial charge in [-0.05, 0) is 0 Å². The Morgan fingerprint density at radius 3 is 1.00 bits per heavy atom. The van der Waals surface area contributed by atoms with Crippen LogP contribution in [0.15, 0.2) is 0 Å². The van der Waals surface area contributed by atoms with E-state index in [2.05, 4.69) is 36.7 Å². The first-order valence-corrected chi connectivity index (χ1v) is 2.33. The van der Waals surface area contributed by atoms with Crippen molar-refractivity contribution in [3.05, 3.63) is 0 Å². The summed E-state index contributed by atoms with van der Waals surface area (Å²) >= 11 is 6.21. The Morgan fingerprint density at radius 2 is 1.00 bits per heavy atom. The molecule has 4 N–H and O–H groups in total. The quantitative estimate of drug-likeness (QED) is 0.295. The van der Waals surface area contributed by atoms with Crippen molar-refractivity contribution in [1.29, 1.82) is 0 Å². The molecule has 0 saturated heterocycles. The van der Waals surface area contributed by atoms with Crippen LogP contribution in [0.25, 0.3) is 0 Å². The number of amides is 2. The summed E-state index contributed by atoms with van der Waals surface area (Å²) in [6, 6.07) is 0. The molecule has 11 heavy (non-hydrogen) atoms. The minimum absolute atomic E-state index is 0. The summed E-state index contributed by atoms with van der Waals surface area (Å²) in [6.45, 7) is 0. The third-order valence-electron chi connectivity index (χ3n) is 0. The summed E-state index contributed by atoms with van der Waals surface area (Å²) in [4.78, 5) is 18.2. The van der Waals surface area contributed by atoms with Crippen LogP contribution in [0.4, 0.5) is 9.59 Å². The zero-order valence-corrected chi connectivity index (χ0v) is 9.78. The van der Waals surface area contributed by atoms with E-state index in [9.17, 15) is 0 Å². The molecule has 0 atom stereocenters. The van der Waals surface area contributed by atoms with E-state index in [0.717, 1.165) is 0 Å². The fourth-order valence-electron chi connectivity index (χ4n) is 0. The maximum absolute atomic E-state index is 9.09. The molecule has 0 aliphatic rings. The molecule has 66 valence electrons. The number of primary amides is 2. The van der Waals surface area contributed by atoms with E-state index in [1.165, 1.54) is 0 Å². The van der Waals surface area contributed by atoms with Crippen LogP contribution in [-0.4, -0.2) is 10.5 Å². The van der Waals surface area contributed by atoms with Crippen LogP contribution in [-0.2, 0) is 0 Å². The maximum atomic E-state index is 9.09. The predicted molar refractivity (Wildman–Crippen MR) is 51.7 cm³/mol. The molecule has 0 aromatic carbocycles. The monoisotopic (exact) mass is 226 g/mol. The van der Waals surface area contributed by atoms with Crippen molar-refractivity contribution in [3.8, 4) is 0 Å². The second-order valence-electron chi connectivity index (χ2n) is 0.676. The fraction of sp³-hybridized carbons (Fsp3) is 0.500. The van der Waals surface area contributed by atoms with Gasteiger partial charge in [0, 0.05) is 0 Å². The Bertz CT molecular complexity index is 87.1. The number of thiol groups is 2. The molecule has 2 amide bonds. The molecule has 0 aliphatic heterocycles. The molecular weight excluding hydrogens is 211 g/mol. The largest absolute Gasteiger partial charge is 1.00 e. The van der Waals surface area contributed by atoms with Gasteiger partial charge in [0.1, 0.15) is 0 Å². The van der Waals surface area contributed by atoms with E-state index in [1.807, 2.05) is 0 Å². The Labute approximate surface area is 123 Å². The van der Waals surface area contributed by atoms with E-state index < -0.39 is 10.5 Å². The van der Waals surface area contributed by atoms with E-state index in [-0.39, 0.29) is 67.7 Å². The fourth-order valence-corrected chi connectivity index (χ4v) is 0. The first kappa shape index (κ1) is 29.5. The number of hydrogen-bond donors (Lipinski definition) is 4. The van der Waals surface area contributed by atoms with Crippen molar-refractivity contribution in [2.75, 3.05) is 0 Å². The molecule has 0 aliphatic carbocycles. The number of rotatable bonds is 0. The first-order chi connectivity index (χ1) is 3.46. The summed E-state index contributed by atoms with van der Waals surface area (Å²) in [5.41, 5.74) is 8.67. The molecule has 0 saturated carbocycles. The average Bonchev–Trinajstić information content (AvgIpc) is 1.25. The van der Waals surface area contributed by atoms with Gasteiger partial charge in [0.25, 0.3) is 10.5 Å². The van der Waals surface area contributed by atoms with Crippen LogP contribution < -0.4 is 62.9 Å². The van der Waals surface area contributed by atoms with Crippen molar-refractivity contribution in [2.45, 2.75) is 14.9 Å². The summed E-state index contributed by atoms with van der Waals surface area (Å²) in [7, 11) is 0. The van der Waals surface area contributed by atoms with Gasteiger partial charge in [-0.25, -0.2) is 0 Å². The smallest absolute Gasteiger partial charge is 1.00 e. The molecular formula is C4H15KN2O2S2. The van der Waals surface area contributed by atoms with E-state index in [4.69, 9.17) is 9.59 Å². The minimum atomic E-state index is -0.639. The number of carbonyl (C=O) groups is 2. The molecule has 0 spiro atoms. The third kappa shape index (κ3) is 596. The molecule has 7 heteroatoms. The van der Waals surface area contributed by atoms with Gasteiger partial charge in [-0.15, -0.1) is 0 Å². The average molecular weight is 226 g/mol. The number of carbonyl (C=O) groups excluding carboxylic acids is 2. The summed E-state index contributed by atoms with van der Waals surface area (Å²) in [6.07, 6.45) is 0.